The van der Waals surface area contributed by atoms with Gasteiger partial charge in [-0.3, -0.25) is 0 Å². The molecule has 0 atom stereocenters. The highest BCUT2D eigenvalue weighted by atomic mass is 15.1. The second-order valence-corrected chi connectivity index (χ2v) is 16.1. The fraction of sp³-hybridized carbons (Fsp3) is 0.185. The lowest BCUT2D eigenvalue weighted by Gasteiger charge is -2.30. The molecule has 0 N–H and O–H groups in total. The predicted octanol–water partition coefficient (Wildman–Crippen LogP) is 16.2. The van der Waals surface area contributed by atoms with Crippen LogP contribution in [0.4, 0.5) is 17.1 Å². The molecule has 0 unspecified atom stereocenters. The molecule has 2 aliphatic rings. The SMILES string of the molecule is C(=C1CCCCC1)c1ccc(N(c2ccc(C=C3CCCCC3)cc2)c2c3ccccc3c3c4cccc5cc6ccccc6c(c6cccc2c63)c54)cc1. The normalized spacial score (nSPS) is 15.2. The maximum Gasteiger partial charge on any atom is 0.0619 e. The molecule has 2 fully saturated rings. The van der Waals surface area contributed by atoms with Crippen LogP contribution in [0.1, 0.15) is 75.3 Å². The third-order valence-electron chi connectivity index (χ3n) is 12.7. The fourth-order valence-electron chi connectivity index (χ4n) is 10.2. The van der Waals surface area contributed by atoms with Crippen LogP contribution in [0.3, 0.4) is 0 Å². The number of hydrogen-bond donors (Lipinski definition) is 0. The summed E-state index contributed by atoms with van der Waals surface area (Å²) in [4.78, 5) is 2.54. The molecule has 2 saturated carbocycles. The molecule has 2 aliphatic carbocycles. The standard InChI is InChI=1S/C54H45N/c1-3-13-36(14-4-1)33-38-25-29-42(30-26-38)55(43-31-27-39(28-32-43)34-37-15-5-2-6-16-37)54-46-21-10-9-20-45(46)52-47-22-11-18-41-35-40-17-7-8-19-44(40)51(50(41)47)48-23-12-24-49(54)53(48)52/h7-12,17-35H,1-6,13-16H2. The van der Waals surface area contributed by atoms with Gasteiger partial charge in [0.25, 0.3) is 0 Å². The molecule has 9 aromatic rings. The molecule has 0 amide bonds. The molecule has 0 saturated heterocycles. The number of nitrogens with zero attached hydrogens (tertiary/aromatic N) is 1. The Morgan fingerprint density at radius 2 is 0.800 bits per heavy atom. The molecule has 0 aromatic heterocycles. The van der Waals surface area contributed by atoms with Gasteiger partial charge in [-0.15, -0.1) is 0 Å². The topological polar surface area (TPSA) is 3.24 Å². The highest BCUT2D eigenvalue weighted by molar-refractivity contribution is 6.43. The number of rotatable bonds is 5. The van der Waals surface area contributed by atoms with Crippen LogP contribution >= 0.6 is 0 Å². The summed E-state index contributed by atoms with van der Waals surface area (Å²) in [5.41, 5.74) is 9.38. The van der Waals surface area contributed by atoms with E-state index in [0.717, 1.165) is 0 Å². The second kappa shape index (κ2) is 13.4. The van der Waals surface area contributed by atoms with Crippen LogP contribution in [0.25, 0.3) is 76.8 Å². The van der Waals surface area contributed by atoms with E-state index >= 15 is 0 Å². The summed E-state index contributed by atoms with van der Waals surface area (Å²) in [6, 6.07) is 53.1. The molecular formula is C54H45N. The molecule has 9 aromatic carbocycles. The summed E-state index contributed by atoms with van der Waals surface area (Å²) >= 11 is 0. The minimum Gasteiger partial charge on any atom is -0.309 e. The van der Waals surface area contributed by atoms with Crippen LogP contribution in [0, 0.1) is 0 Å². The number of benzene rings is 9. The summed E-state index contributed by atoms with van der Waals surface area (Å²) in [6.07, 6.45) is 17.8. The number of fused-ring (bicyclic) bond motifs is 6. The van der Waals surface area contributed by atoms with E-state index in [9.17, 15) is 0 Å². The van der Waals surface area contributed by atoms with Crippen molar-refractivity contribution in [1.82, 2.24) is 0 Å². The lowest BCUT2D eigenvalue weighted by molar-refractivity contribution is 0.602. The smallest absolute Gasteiger partial charge is 0.0619 e. The molecule has 0 radical (unpaired) electrons. The van der Waals surface area contributed by atoms with Crippen LogP contribution in [-0.4, -0.2) is 0 Å². The summed E-state index contributed by atoms with van der Waals surface area (Å²) in [7, 11) is 0. The van der Waals surface area contributed by atoms with E-state index in [1.165, 1.54) is 157 Å². The van der Waals surface area contributed by atoms with Crippen LogP contribution in [0.15, 0.2) is 151 Å². The molecule has 1 heteroatoms. The van der Waals surface area contributed by atoms with E-state index in [1.807, 2.05) is 0 Å². The third kappa shape index (κ3) is 5.51. The zero-order chi connectivity index (χ0) is 36.3. The van der Waals surface area contributed by atoms with Gasteiger partial charge in [-0.2, -0.15) is 0 Å². The molecule has 266 valence electrons. The van der Waals surface area contributed by atoms with Gasteiger partial charge in [-0.25, -0.2) is 0 Å². The van der Waals surface area contributed by atoms with Crippen molar-refractivity contribution in [2.24, 2.45) is 0 Å². The summed E-state index contributed by atoms with van der Waals surface area (Å²) in [5.74, 6) is 0. The van der Waals surface area contributed by atoms with Crippen molar-refractivity contribution in [3.05, 3.63) is 162 Å². The van der Waals surface area contributed by atoms with Gasteiger partial charge in [0.2, 0.25) is 0 Å². The Hall–Kier alpha value is -5.92. The van der Waals surface area contributed by atoms with Crippen LogP contribution in [0.2, 0.25) is 0 Å². The van der Waals surface area contributed by atoms with Crippen molar-refractivity contribution < 1.29 is 0 Å². The van der Waals surface area contributed by atoms with Crippen molar-refractivity contribution in [3.8, 4) is 0 Å². The van der Waals surface area contributed by atoms with Crippen molar-refractivity contribution >= 4 is 93.8 Å². The van der Waals surface area contributed by atoms with Crippen molar-refractivity contribution in [2.45, 2.75) is 64.2 Å². The molecule has 11 rings (SSSR count). The van der Waals surface area contributed by atoms with Gasteiger partial charge < -0.3 is 4.90 Å². The van der Waals surface area contributed by atoms with Gasteiger partial charge in [0.1, 0.15) is 0 Å². The lowest BCUT2D eigenvalue weighted by atomic mass is 9.84. The zero-order valence-electron chi connectivity index (χ0n) is 31.5. The second-order valence-electron chi connectivity index (χ2n) is 16.1. The Morgan fingerprint density at radius 1 is 0.345 bits per heavy atom. The minimum absolute atomic E-state index is 1.18. The molecule has 0 spiro atoms. The van der Waals surface area contributed by atoms with Crippen molar-refractivity contribution in [2.75, 3.05) is 4.90 Å². The van der Waals surface area contributed by atoms with Crippen LogP contribution in [-0.2, 0) is 0 Å². The largest absolute Gasteiger partial charge is 0.309 e. The Labute approximate surface area is 323 Å². The zero-order valence-corrected chi connectivity index (χ0v) is 31.5. The molecule has 1 nitrogen and oxygen atoms in total. The monoisotopic (exact) mass is 707 g/mol. The Kier molecular flexibility index (Phi) is 7.94. The third-order valence-corrected chi connectivity index (χ3v) is 12.7. The molecule has 0 aliphatic heterocycles. The first-order chi connectivity index (χ1) is 27.3. The molecular weight excluding hydrogens is 663 g/mol. The summed E-state index contributed by atoms with van der Waals surface area (Å²) in [6.45, 7) is 0. The van der Waals surface area contributed by atoms with Crippen molar-refractivity contribution in [1.29, 1.82) is 0 Å². The van der Waals surface area contributed by atoms with E-state index in [4.69, 9.17) is 0 Å². The van der Waals surface area contributed by atoms with Gasteiger partial charge in [0.05, 0.1) is 5.69 Å². The molecule has 55 heavy (non-hydrogen) atoms. The molecule has 0 bridgehead atoms. The van der Waals surface area contributed by atoms with Gasteiger partial charge in [-0.1, -0.05) is 145 Å². The predicted molar refractivity (Wildman–Crippen MR) is 239 cm³/mol. The number of hydrogen-bond acceptors (Lipinski definition) is 1. The van der Waals surface area contributed by atoms with E-state index < -0.39 is 0 Å². The average Bonchev–Trinajstić information content (AvgIpc) is 3.24. The Balaban J connectivity index is 1.20. The quantitative estimate of drug-likeness (QED) is 0.127. The van der Waals surface area contributed by atoms with Gasteiger partial charge in [0.15, 0.2) is 0 Å². The number of allylic oxidation sites excluding steroid dienone is 2. The minimum atomic E-state index is 1.18. The van der Waals surface area contributed by atoms with Gasteiger partial charge in [0, 0.05) is 27.5 Å². The highest BCUT2D eigenvalue weighted by Gasteiger charge is 2.24. The van der Waals surface area contributed by atoms with E-state index in [1.54, 1.807) is 11.1 Å². The Bertz CT molecular complexity index is 2870. The maximum absolute atomic E-state index is 2.54. The fourth-order valence-corrected chi connectivity index (χ4v) is 10.2. The van der Waals surface area contributed by atoms with E-state index in [2.05, 4.69) is 157 Å². The van der Waals surface area contributed by atoms with Gasteiger partial charge >= 0.3 is 0 Å². The number of anilines is 3. The first kappa shape index (κ1) is 32.5. The first-order valence-electron chi connectivity index (χ1n) is 20.6. The van der Waals surface area contributed by atoms with Crippen LogP contribution < -0.4 is 4.90 Å². The average molecular weight is 708 g/mol. The lowest BCUT2D eigenvalue weighted by Crippen LogP contribution is -2.11. The van der Waals surface area contributed by atoms with E-state index in [-0.39, 0.29) is 0 Å². The highest BCUT2D eigenvalue weighted by Crippen LogP contribution is 2.51. The van der Waals surface area contributed by atoms with E-state index in [0.29, 0.717) is 0 Å². The van der Waals surface area contributed by atoms with Crippen LogP contribution in [0.5, 0.6) is 0 Å². The maximum atomic E-state index is 2.54. The van der Waals surface area contributed by atoms with Crippen molar-refractivity contribution in [3.63, 3.8) is 0 Å². The summed E-state index contributed by atoms with van der Waals surface area (Å²) in [5, 5.41) is 15.8. The van der Waals surface area contributed by atoms with Gasteiger partial charge in [-0.05, 0) is 141 Å². The first-order valence-corrected chi connectivity index (χ1v) is 20.6. The summed E-state index contributed by atoms with van der Waals surface area (Å²) < 4.78 is 0. The Morgan fingerprint density at radius 3 is 1.44 bits per heavy atom. The molecule has 0 heterocycles.